The second kappa shape index (κ2) is 17.6. The van der Waals surface area contributed by atoms with Crippen LogP contribution < -0.4 is 10.6 Å². The zero-order chi connectivity index (χ0) is 38.2. The van der Waals surface area contributed by atoms with Gasteiger partial charge in [0.2, 0.25) is 6.41 Å². The third-order valence-corrected chi connectivity index (χ3v) is 11.3. The molecule has 2 N–H and O–H groups in total. The molecule has 3 aromatic rings. The van der Waals surface area contributed by atoms with E-state index < -0.39 is 58.8 Å². The molecule has 2 fully saturated rings. The smallest absolute Gasteiger partial charge is 0.410 e. The van der Waals surface area contributed by atoms with Crippen molar-refractivity contribution in [1.82, 2.24) is 25.0 Å². The fourth-order valence-electron chi connectivity index (χ4n) is 6.04. The zero-order valence-corrected chi connectivity index (χ0v) is 31.2. The predicted octanol–water partition coefficient (Wildman–Crippen LogP) is 2.23. The number of thiazole rings is 1. The molecule has 1 aromatic heterocycles. The second-order valence-electron chi connectivity index (χ2n) is 12.6. The summed E-state index contributed by atoms with van der Waals surface area (Å²) in [6, 6.07) is 16.8. The van der Waals surface area contributed by atoms with Gasteiger partial charge in [-0.15, -0.1) is 11.3 Å². The van der Waals surface area contributed by atoms with E-state index in [0.717, 1.165) is 16.2 Å². The first-order valence-corrected chi connectivity index (χ1v) is 19.5. The van der Waals surface area contributed by atoms with E-state index >= 15 is 0 Å². The SMILES string of the molecule is CCCON=C(C(=O)NC1C(=O)N2C(C(=O)OC(c3ccccc3)c3ccccc3)=C(COC(=O)N3CCN(C)CC3)CS(=O)[C@H]12)c1csc(NC=O)n1. The zero-order valence-electron chi connectivity index (χ0n) is 29.5. The number of fused-ring (bicyclic) bond motifs is 1. The maximum Gasteiger partial charge on any atom is 0.410 e. The summed E-state index contributed by atoms with van der Waals surface area (Å²) in [5.41, 5.74) is 1.08. The van der Waals surface area contributed by atoms with Gasteiger partial charge in [-0.05, 0) is 24.6 Å². The number of piperazine rings is 1. The lowest BCUT2D eigenvalue weighted by atomic mass is 10.0. The summed E-state index contributed by atoms with van der Waals surface area (Å²) in [6.07, 6.45) is -0.448. The van der Waals surface area contributed by atoms with E-state index in [1.165, 1.54) is 5.38 Å². The van der Waals surface area contributed by atoms with Crippen LogP contribution in [0, 0.1) is 0 Å². The van der Waals surface area contributed by atoms with Crippen LogP contribution in [-0.4, -0.2) is 124 Å². The van der Waals surface area contributed by atoms with Crippen LogP contribution >= 0.6 is 11.3 Å². The number of ether oxygens (including phenoxy) is 2. The molecule has 2 aromatic carbocycles. The number of aromatic nitrogens is 1. The van der Waals surface area contributed by atoms with Crippen LogP contribution in [0.25, 0.3) is 0 Å². The minimum Gasteiger partial charge on any atom is -0.448 e. The number of rotatable bonds is 14. The van der Waals surface area contributed by atoms with Crippen molar-refractivity contribution in [3.63, 3.8) is 0 Å². The van der Waals surface area contributed by atoms with Crippen molar-refractivity contribution < 1.29 is 42.5 Å². The van der Waals surface area contributed by atoms with E-state index in [2.05, 4.69) is 25.7 Å². The Morgan fingerprint density at radius 2 is 1.72 bits per heavy atom. The van der Waals surface area contributed by atoms with E-state index in [9.17, 15) is 28.2 Å². The van der Waals surface area contributed by atoms with Crippen molar-refractivity contribution in [2.24, 2.45) is 5.16 Å². The minimum absolute atomic E-state index is 0.0767. The molecule has 2 saturated heterocycles. The molecule has 54 heavy (non-hydrogen) atoms. The van der Waals surface area contributed by atoms with Crippen LogP contribution in [0.2, 0.25) is 0 Å². The number of anilines is 1. The lowest BCUT2D eigenvalue weighted by Crippen LogP contribution is -2.74. The van der Waals surface area contributed by atoms with Crippen molar-refractivity contribution in [2.75, 3.05) is 57.5 Å². The van der Waals surface area contributed by atoms with Crippen LogP contribution in [-0.2, 0) is 44.3 Å². The van der Waals surface area contributed by atoms with Gasteiger partial charge in [0.05, 0.1) is 16.6 Å². The normalized spacial score (nSPS) is 20.2. The number of hydrogen-bond donors (Lipinski definition) is 2. The Labute approximate surface area is 317 Å². The first kappa shape index (κ1) is 38.3. The molecule has 2 unspecified atom stereocenters. The van der Waals surface area contributed by atoms with Crippen LogP contribution in [0.3, 0.4) is 0 Å². The Bertz CT molecular complexity index is 1910. The first-order chi connectivity index (χ1) is 26.2. The van der Waals surface area contributed by atoms with E-state index in [4.69, 9.17) is 14.3 Å². The number of likely N-dealkylation sites (N-methyl/N-ethyl adjacent to an activating group) is 1. The Balaban J connectivity index is 1.29. The van der Waals surface area contributed by atoms with Crippen LogP contribution in [0.5, 0.6) is 0 Å². The maximum atomic E-state index is 14.3. The van der Waals surface area contributed by atoms with Crippen molar-refractivity contribution in [1.29, 1.82) is 0 Å². The van der Waals surface area contributed by atoms with Crippen LogP contribution in [0.4, 0.5) is 9.93 Å². The Hall–Kier alpha value is -5.46. The number of nitrogens with one attached hydrogen (secondary N) is 2. The number of esters is 1. The molecular formula is C36H39N7O9S2. The summed E-state index contributed by atoms with van der Waals surface area (Å²) in [7, 11) is 0.0965. The molecule has 284 valence electrons. The lowest BCUT2D eigenvalue weighted by molar-refractivity contribution is -0.154. The fourth-order valence-corrected chi connectivity index (χ4v) is 8.37. The van der Waals surface area contributed by atoms with Crippen LogP contribution in [0.1, 0.15) is 36.3 Å². The average Bonchev–Trinajstić information content (AvgIpc) is 3.65. The Morgan fingerprint density at radius 1 is 1.06 bits per heavy atom. The maximum absolute atomic E-state index is 14.3. The summed E-state index contributed by atoms with van der Waals surface area (Å²) in [5.74, 6) is -2.72. The molecule has 16 nitrogen and oxygen atoms in total. The van der Waals surface area contributed by atoms with E-state index in [0.29, 0.717) is 50.1 Å². The third kappa shape index (κ3) is 8.50. The Morgan fingerprint density at radius 3 is 2.35 bits per heavy atom. The summed E-state index contributed by atoms with van der Waals surface area (Å²) in [4.78, 5) is 80.1. The fraction of sp³-hybridized carbons (Fsp3) is 0.361. The largest absolute Gasteiger partial charge is 0.448 e. The van der Waals surface area contributed by atoms with Gasteiger partial charge in [0, 0.05) is 37.1 Å². The van der Waals surface area contributed by atoms with Crippen molar-refractivity contribution >= 4 is 63.3 Å². The summed E-state index contributed by atoms with van der Waals surface area (Å²) < 4.78 is 25.6. The molecular weight excluding hydrogens is 739 g/mol. The number of carbonyl (C=O) groups excluding carboxylic acids is 5. The monoisotopic (exact) mass is 777 g/mol. The number of β-lactam (4-membered cyclic amide) rings is 1. The highest BCUT2D eigenvalue weighted by Crippen LogP contribution is 2.37. The van der Waals surface area contributed by atoms with E-state index in [-0.39, 0.29) is 40.2 Å². The summed E-state index contributed by atoms with van der Waals surface area (Å²) in [6.45, 7) is 3.84. The molecule has 3 aliphatic rings. The topological polar surface area (TPSA) is 189 Å². The predicted molar refractivity (Wildman–Crippen MR) is 198 cm³/mol. The standard InChI is InChI=1S/C36H39N7O9S2/c1-3-18-51-40-27(26-20-53-35(38-26)37-22-44)31(45)39-28-32(46)43-29(34(47)52-30(23-10-6-4-7-11-23)24-12-8-5-9-13-24)25(21-54(49)33(28)43)19-50-36(48)42-16-14-41(2)15-17-42/h4-13,20,22,28,30,33H,3,14-19,21H2,1-2H3,(H,39,45)(H,37,38,44)/t28?,33-,54?/m1/s1. The number of benzene rings is 2. The molecule has 4 amide bonds. The number of oxime groups is 1. The van der Waals surface area contributed by atoms with Crippen LogP contribution in [0.15, 0.2) is 82.5 Å². The van der Waals surface area contributed by atoms with Gasteiger partial charge in [0.25, 0.3) is 11.8 Å². The van der Waals surface area contributed by atoms with Gasteiger partial charge in [-0.25, -0.2) is 14.6 Å². The summed E-state index contributed by atoms with van der Waals surface area (Å²) >= 11 is 1.05. The minimum atomic E-state index is -1.86. The molecule has 6 rings (SSSR count). The second-order valence-corrected chi connectivity index (χ2v) is 14.9. The van der Waals surface area contributed by atoms with Gasteiger partial charge in [0.15, 0.2) is 16.9 Å². The first-order valence-electron chi connectivity index (χ1n) is 17.2. The van der Waals surface area contributed by atoms with E-state index in [1.807, 2.05) is 50.4 Å². The van der Waals surface area contributed by atoms with Gasteiger partial charge >= 0.3 is 12.1 Å². The number of carbonyl (C=O) groups is 5. The van der Waals surface area contributed by atoms with Gasteiger partial charge < -0.3 is 34.7 Å². The molecule has 0 bridgehead atoms. The summed E-state index contributed by atoms with van der Waals surface area (Å²) in [5, 5.41) is 9.47. The molecule has 4 heterocycles. The van der Waals surface area contributed by atoms with Crippen molar-refractivity contribution in [3.8, 4) is 0 Å². The lowest BCUT2D eigenvalue weighted by Gasteiger charge is -2.49. The highest BCUT2D eigenvalue weighted by atomic mass is 32.2. The molecule has 3 aliphatic heterocycles. The molecule has 0 spiro atoms. The molecule has 0 radical (unpaired) electrons. The third-order valence-electron chi connectivity index (χ3n) is 8.84. The van der Waals surface area contributed by atoms with E-state index in [1.54, 1.807) is 29.2 Å². The molecule has 3 atom stereocenters. The molecule has 0 aliphatic carbocycles. The van der Waals surface area contributed by atoms with Gasteiger partial charge in [-0.1, -0.05) is 72.7 Å². The Kier molecular flexibility index (Phi) is 12.5. The van der Waals surface area contributed by atoms with Crippen molar-refractivity contribution in [2.45, 2.75) is 30.9 Å². The molecule has 18 heteroatoms. The van der Waals surface area contributed by atoms with Gasteiger partial charge in [0.1, 0.15) is 36.0 Å². The highest BCUT2D eigenvalue weighted by molar-refractivity contribution is 7.86. The number of hydrogen-bond acceptors (Lipinski definition) is 13. The van der Waals surface area contributed by atoms with Gasteiger partial charge in [-0.2, -0.15) is 0 Å². The average molecular weight is 778 g/mol. The van der Waals surface area contributed by atoms with Crippen molar-refractivity contribution in [3.05, 3.63) is 94.1 Å². The number of amides is 4. The molecule has 0 saturated carbocycles. The quantitative estimate of drug-likeness (QED) is 0.0610. The highest BCUT2D eigenvalue weighted by Gasteiger charge is 2.58. The van der Waals surface area contributed by atoms with Gasteiger partial charge in [-0.3, -0.25) is 23.5 Å². The number of nitrogens with zero attached hydrogens (tertiary/aromatic N) is 5.